The number of benzene rings is 2. The Labute approximate surface area is 392 Å². The van der Waals surface area contributed by atoms with Crippen LogP contribution in [0.5, 0.6) is 5.75 Å². The van der Waals surface area contributed by atoms with Gasteiger partial charge in [0.2, 0.25) is 17.7 Å². The van der Waals surface area contributed by atoms with E-state index in [0.29, 0.717) is 50.9 Å². The van der Waals surface area contributed by atoms with Crippen molar-refractivity contribution in [2.24, 2.45) is 17.3 Å². The van der Waals surface area contributed by atoms with Gasteiger partial charge in [-0.05, 0) is 104 Å². The standard InChI is InChI=1S/C51H66N8O8/c1-9-58-42-15-14-32-24-37(42)38(45(58)36-12-10-17-52-43(36)30(4)66-8)25-51(5,6)28-67-50(65)39-13-11-18-59(55-39)49(64)40(22-31-20-34(32)23-35(60)21-31)54-46(61)44(29(2)3)56(7)47(62)33-16-19-57(27-33)48(63)41-26-53-41/h10,12,14-15,17,20-21,23-24,29-30,33,39-41,44,53,55,60H,9,11,13,16,18-19,22,25-28H2,1-8H3,(H,54,61)/t30-,33+,39-,40-,41+,44-/m0/s1. The molecule has 0 unspecified atom stereocenters. The summed E-state index contributed by atoms with van der Waals surface area (Å²) in [6, 6.07) is 12.4. The first-order chi connectivity index (χ1) is 32.0. The number of carbonyl (C=O) groups excluding carboxylic acids is 5. The molecule has 4 aromatic rings. The van der Waals surface area contributed by atoms with Gasteiger partial charge in [-0.15, -0.1) is 0 Å². The van der Waals surface area contributed by atoms with Gasteiger partial charge in [-0.25, -0.2) is 5.43 Å². The van der Waals surface area contributed by atoms with Gasteiger partial charge in [0.15, 0.2) is 0 Å². The van der Waals surface area contributed by atoms with Crippen LogP contribution < -0.4 is 16.1 Å². The molecule has 6 atom stereocenters. The highest BCUT2D eigenvalue weighted by Gasteiger charge is 2.42. The normalized spacial score (nSPS) is 22.8. The lowest BCUT2D eigenvalue weighted by Crippen LogP contribution is -2.62. The third kappa shape index (κ3) is 9.93. The van der Waals surface area contributed by atoms with Gasteiger partial charge >= 0.3 is 5.97 Å². The summed E-state index contributed by atoms with van der Waals surface area (Å²) in [5, 5.41) is 19.8. The molecule has 4 aliphatic rings. The minimum absolute atomic E-state index is 0.00382. The van der Waals surface area contributed by atoms with E-state index in [-0.39, 0.29) is 61.7 Å². The molecule has 16 heteroatoms. The van der Waals surface area contributed by atoms with Crippen molar-refractivity contribution >= 4 is 40.5 Å². The van der Waals surface area contributed by atoms with E-state index in [9.17, 15) is 29.1 Å². The van der Waals surface area contributed by atoms with E-state index in [2.05, 4.69) is 59.6 Å². The SMILES string of the molecule is CCn1c(-c2cccnc2[C@H](C)OC)c2c3cc(ccc31)-c1cc(O)cc(c1)C[C@H](NC(=O)[C@H](C(C)C)N(C)C(=O)[C@@H]1CCN(C(=O)[C@H]3CN3)C1)C(=O)N1CCC[C@H](N1)C(=O)OCC(C)(C)C2. The monoisotopic (exact) mass is 919 g/mol. The lowest BCUT2D eigenvalue weighted by Gasteiger charge is -2.37. The van der Waals surface area contributed by atoms with Gasteiger partial charge in [-0.3, -0.25) is 34.0 Å². The fraction of sp³-hybridized carbons (Fsp3) is 0.529. The number of phenols is 1. The third-order valence-corrected chi connectivity index (χ3v) is 13.9. The number of aryl methyl sites for hydroxylation is 1. The molecule has 2 aromatic heterocycles. The number of likely N-dealkylation sites (N-methyl/N-ethyl adjacent to an activating group) is 1. The highest BCUT2D eigenvalue weighted by Crippen LogP contribution is 2.42. The molecule has 0 radical (unpaired) electrons. The first kappa shape index (κ1) is 47.6. The second-order valence-corrected chi connectivity index (χ2v) is 19.9. The molecule has 8 rings (SSSR count). The number of nitrogens with one attached hydrogen (secondary N) is 3. The summed E-state index contributed by atoms with van der Waals surface area (Å²) in [6.07, 6.45) is 3.48. The predicted molar refractivity (Wildman–Crippen MR) is 253 cm³/mol. The van der Waals surface area contributed by atoms with E-state index in [1.165, 1.54) is 9.91 Å². The number of nitrogens with zero attached hydrogens (tertiary/aromatic N) is 5. The maximum absolute atomic E-state index is 14.7. The summed E-state index contributed by atoms with van der Waals surface area (Å²) >= 11 is 0. The Kier molecular flexibility index (Phi) is 13.8. The number of aromatic nitrogens is 2. The largest absolute Gasteiger partial charge is 0.508 e. The van der Waals surface area contributed by atoms with Crippen molar-refractivity contribution in [1.82, 2.24) is 40.4 Å². The number of fused-ring (bicyclic) bond motifs is 6. The molecule has 2 aromatic carbocycles. The van der Waals surface area contributed by atoms with Crippen molar-refractivity contribution < 1.29 is 38.6 Å². The lowest BCUT2D eigenvalue weighted by molar-refractivity contribution is -0.155. The number of pyridine rings is 1. The van der Waals surface area contributed by atoms with Crippen LogP contribution in [0.3, 0.4) is 0 Å². The molecule has 0 spiro atoms. The first-order valence-electron chi connectivity index (χ1n) is 23.8. The van der Waals surface area contributed by atoms with Crippen LogP contribution in [0.1, 0.15) is 83.7 Å². The molecule has 6 heterocycles. The molecule has 67 heavy (non-hydrogen) atoms. The molecule has 4 amide bonds. The van der Waals surface area contributed by atoms with E-state index < -0.39 is 47.2 Å². The van der Waals surface area contributed by atoms with E-state index >= 15 is 0 Å². The molecule has 3 fully saturated rings. The number of rotatable bonds is 10. The molecular formula is C51H66N8O8. The number of methoxy groups -OCH3 is 1. The Morgan fingerprint density at radius 3 is 2.55 bits per heavy atom. The summed E-state index contributed by atoms with van der Waals surface area (Å²) in [5.74, 6) is -2.51. The molecule has 358 valence electrons. The van der Waals surface area contributed by atoms with Gasteiger partial charge in [0.05, 0.1) is 36.1 Å². The minimum Gasteiger partial charge on any atom is -0.508 e. The average molecular weight is 919 g/mol. The van der Waals surface area contributed by atoms with Crippen LogP contribution in [0.25, 0.3) is 33.3 Å². The van der Waals surface area contributed by atoms with E-state index in [1.54, 1.807) is 37.4 Å². The smallest absolute Gasteiger partial charge is 0.324 e. The maximum Gasteiger partial charge on any atom is 0.324 e. The number of hydrogen-bond donors (Lipinski definition) is 4. The van der Waals surface area contributed by atoms with Crippen molar-refractivity contribution in [2.45, 2.75) is 110 Å². The molecule has 16 nitrogen and oxygen atoms in total. The summed E-state index contributed by atoms with van der Waals surface area (Å²) in [5.41, 5.74) is 9.57. The quantitative estimate of drug-likeness (QED) is 0.127. The van der Waals surface area contributed by atoms with Crippen LogP contribution in [0, 0.1) is 17.3 Å². The van der Waals surface area contributed by atoms with Crippen molar-refractivity contribution in [3.05, 3.63) is 71.5 Å². The highest BCUT2D eigenvalue weighted by atomic mass is 16.5. The van der Waals surface area contributed by atoms with Crippen molar-refractivity contribution in [1.29, 1.82) is 0 Å². The van der Waals surface area contributed by atoms with Crippen LogP contribution in [0.15, 0.2) is 54.7 Å². The van der Waals surface area contributed by atoms with Crippen molar-refractivity contribution in [3.63, 3.8) is 0 Å². The first-order valence-corrected chi connectivity index (χ1v) is 23.8. The summed E-state index contributed by atoms with van der Waals surface area (Å²) in [4.78, 5) is 78.0. The fourth-order valence-corrected chi connectivity index (χ4v) is 10.3. The van der Waals surface area contributed by atoms with Crippen LogP contribution in [-0.2, 0) is 52.8 Å². The average Bonchev–Trinajstić information content (AvgIpc) is 3.97. The number of aromatic hydroxyl groups is 1. The number of amides is 4. The number of likely N-dealkylation sites (tertiary alicyclic amines) is 1. The zero-order valence-corrected chi connectivity index (χ0v) is 40.1. The zero-order chi connectivity index (χ0) is 47.9. The van der Waals surface area contributed by atoms with Gasteiger partial charge < -0.3 is 39.6 Å². The van der Waals surface area contributed by atoms with Gasteiger partial charge in [0, 0.05) is 81.4 Å². The molecule has 3 saturated heterocycles. The van der Waals surface area contributed by atoms with E-state index in [0.717, 1.165) is 44.5 Å². The highest BCUT2D eigenvalue weighted by molar-refractivity contribution is 5.96. The predicted octanol–water partition coefficient (Wildman–Crippen LogP) is 4.75. The van der Waals surface area contributed by atoms with Crippen molar-refractivity contribution in [2.75, 3.05) is 46.9 Å². The topological polar surface area (TPSA) is 198 Å². The fourth-order valence-electron chi connectivity index (χ4n) is 10.3. The molecule has 0 saturated carbocycles. The molecule has 6 bridgehead atoms. The number of hydrazine groups is 1. The second kappa shape index (κ2) is 19.4. The molecule has 4 N–H and O–H groups in total. The summed E-state index contributed by atoms with van der Waals surface area (Å²) in [6.45, 7) is 14.4. The Morgan fingerprint density at radius 2 is 1.84 bits per heavy atom. The summed E-state index contributed by atoms with van der Waals surface area (Å²) in [7, 11) is 3.28. The second-order valence-electron chi connectivity index (χ2n) is 19.9. The molecule has 0 aliphatic carbocycles. The van der Waals surface area contributed by atoms with Gasteiger partial charge in [0.25, 0.3) is 5.91 Å². The van der Waals surface area contributed by atoms with E-state index in [1.807, 2.05) is 39.0 Å². The number of phenolic OH excluding ortho intramolecular Hbond substituents is 1. The Hall–Kier alpha value is -5.84. The van der Waals surface area contributed by atoms with E-state index in [4.69, 9.17) is 14.5 Å². The summed E-state index contributed by atoms with van der Waals surface area (Å²) < 4.78 is 14.2. The Morgan fingerprint density at radius 1 is 1.06 bits per heavy atom. The number of esters is 1. The Balaban J connectivity index is 1.18. The minimum atomic E-state index is -1.16. The molecule has 4 aliphatic heterocycles. The Bertz CT molecular complexity index is 2550. The van der Waals surface area contributed by atoms with Crippen LogP contribution >= 0.6 is 0 Å². The van der Waals surface area contributed by atoms with Crippen LogP contribution in [0.2, 0.25) is 0 Å². The van der Waals surface area contributed by atoms with Crippen LogP contribution in [-0.4, -0.2) is 130 Å². The number of ether oxygens (including phenoxy) is 2. The lowest BCUT2D eigenvalue weighted by atomic mass is 9.84. The number of carbonyl (C=O) groups is 5. The van der Waals surface area contributed by atoms with Gasteiger partial charge in [0.1, 0.15) is 23.9 Å². The van der Waals surface area contributed by atoms with Gasteiger partial charge in [-0.2, -0.15) is 0 Å². The number of cyclic esters (lactones) is 1. The maximum atomic E-state index is 14.7. The van der Waals surface area contributed by atoms with Crippen LogP contribution in [0.4, 0.5) is 0 Å². The zero-order valence-electron chi connectivity index (χ0n) is 40.1. The number of hydrogen-bond acceptors (Lipinski definition) is 11. The van der Waals surface area contributed by atoms with Gasteiger partial charge in [-0.1, -0.05) is 39.8 Å². The third-order valence-electron chi connectivity index (χ3n) is 13.9. The molecular weight excluding hydrogens is 853 g/mol. The van der Waals surface area contributed by atoms with Crippen molar-refractivity contribution in [3.8, 4) is 28.1 Å².